The fourth-order valence-corrected chi connectivity index (χ4v) is 2.85. The number of nitrogens with one attached hydrogen (secondary N) is 1. The predicted octanol–water partition coefficient (Wildman–Crippen LogP) is 1.99. The number of carboxylic acids is 1. The molecule has 0 spiro atoms. The van der Waals surface area contributed by atoms with E-state index in [1.165, 1.54) is 13.0 Å². The van der Waals surface area contributed by atoms with Crippen molar-refractivity contribution in [1.29, 1.82) is 0 Å². The second kappa shape index (κ2) is 6.27. The van der Waals surface area contributed by atoms with E-state index in [1.54, 1.807) is 6.08 Å². The van der Waals surface area contributed by atoms with Crippen LogP contribution in [0.25, 0.3) is 0 Å². The third-order valence-corrected chi connectivity index (χ3v) is 4.26. The molecule has 1 heterocycles. The Morgan fingerprint density at radius 3 is 2.56 bits per heavy atom. The van der Waals surface area contributed by atoms with Gasteiger partial charge in [0, 0.05) is 24.1 Å². The van der Waals surface area contributed by atoms with Gasteiger partial charge >= 0.3 is 5.97 Å². The Morgan fingerprint density at radius 1 is 1.28 bits per heavy atom. The molecular formula is C17H16F2N2O4. The van der Waals surface area contributed by atoms with Crippen LogP contribution in [0.5, 0.6) is 0 Å². The van der Waals surface area contributed by atoms with E-state index in [2.05, 4.69) is 10.5 Å². The number of nitrogens with zero attached hydrogens (tertiary/aromatic N) is 1. The highest BCUT2D eigenvalue weighted by molar-refractivity contribution is 6.05. The number of carbonyl (C=O) groups is 2. The summed E-state index contributed by atoms with van der Waals surface area (Å²) in [5.41, 5.74) is -0.852. The molecule has 0 aromatic heterocycles. The van der Waals surface area contributed by atoms with E-state index >= 15 is 0 Å². The fraction of sp³-hybridized carbons (Fsp3) is 0.353. The first-order chi connectivity index (χ1) is 11.8. The number of aliphatic carboxylic acids is 1. The minimum absolute atomic E-state index is 0.0422. The number of carboxylic acid groups (broad SMARTS) is 1. The van der Waals surface area contributed by atoms with Crippen molar-refractivity contribution in [2.45, 2.75) is 31.4 Å². The maximum Gasteiger partial charge on any atom is 0.310 e. The molecule has 8 heteroatoms. The van der Waals surface area contributed by atoms with Gasteiger partial charge in [-0.25, -0.2) is 8.78 Å². The number of carbonyl (C=O) groups excluding carboxylic acids is 1. The number of hydrogen-bond acceptors (Lipinski definition) is 4. The van der Waals surface area contributed by atoms with Crippen molar-refractivity contribution in [2.75, 3.05) is 0 Å². The average Bonchev–Trinajstić information content (AvgIpc) is 3.14. The minimum Gasteiger partial charge on any atom is -0.481 e. The predicted molar refractivity (Wildman–Crippen MR) is 83.8 cm³/mol. The summed E-state index contributed by atoms with van der Waals surface area (Å²) in [7, 11) is 0. The maximum atomic E-state index is 13.3. The third-order valence-electron chi connectivity index (χ3n) is 4.26. The van der Waals surface area contributed by atoms with E-state index in [4.69, 9.17) is 9.94 Å². The second-order valence-corrected chi connectivity index (χ2v) is 6.34. The van der Waals surface area contributed by atoms with Crippen LogP contribution in [-0.2, 0) is 14.4 Å². The van der Waals surface area contributed by atoms with E-state index in [9.17, 15) is 18.4 Å². The molecule has 1 aliphatic carbocycles. The number of benzene rings is 1. The smallest absolute Gasteiger partial charge is 0.310 e. The van der Waals surface area contributed by atoms with Crippen LogP contribution in [0.1, 0.15) is 25.3 Å². The largest absolute Gasteiger partial charge is 0.481 e. The quantitative estimate of drug-likeness (QED) is 0.813. The zero-order valence-electron chi connectivity index (χ0n) is 13.3. The van der Waals surface area contributed by atoms with Crippen LogP contribution in [-0.4, -0.2) is 34.3 Å². The van der Waals surface area contributed by atoms with Crippen molar-refractivity contribution in [3.63, 3.8) is 0 Å². The van der Waals surface area contributed by atoms with Gasteiger partial charge in [0.1, 0.15) is 11.6 Å². The van der Waals surface area contributed by atoms with Crippen LogP contribution in [0.4, 0.5) is 8.78 Å². The van der Waals surface area contributed by atoms with Crippen LogP contribution >= 0.6 is 0 Å². The monoisotopic (exact) mass is 350 g/mol. The number of oxime groups is 1. The first kappa shape index (κ1) is 17.1. The van der Waals surface area contributed by atoms with E-state index in [0.29, 0.717) is 0 Å². The molecule has 0 radical (unpaired) electrons. The normalized spacial score (nSPS) is 27.7. The van der Waals surface area contributed by atoms with Gasteiger partial charge in [0.2, 0.25) is 5.60 Å². The zero-order valence-corrected chi connectivity index (χ0v) is 13.3. The first-order valence-electron chi connectivity index (χ1n) is 7.70. The topological polar surface area (TPSA) is 88.0 Å². The van der Waals surface area contributed by atoms with Crippen molar-refractivity contribution in [1.82, 2.24) is 5.32 Å². The lowest BCUT2D eigenvalue weighted by Gasteiger charge is -2.22. The highest BCUT2D eigenvalue weighted by Gasteiger charge is 2.43. The number of amides is 1. The highest BCUT2D eigenvalue weighted by Crippen LogP contribution is 2.28. The summed E-state index contributed by atoms with van der Waals surface area (Å²) in [5, 5.41) is 15.5. The molecule has 0 saturated carbocycles. The Hall–Kier alpha value is -2.77. The molecule has 3 rings (SSSR count). The Bertz CT molecular complexity index is 773. The molecule has 2 N–H and O–H groups in total. The number of hydrogen-bond donors (Lipinski definition) is 2. The molecule has 1 amide bonds. The van der Waals surface area contributed by atoms with Crippen molar-refractivity contribution in [3.8, 4) is 0 Å². The summed E-state index contributed by atoms with van der Waals surface area (Å²) >= 11 is 0. The van der Waals surface area contributed by atoms with E-state index < -0.39 is 41.1 Å². The summed E-state index contributed by atoms with van der Waals surface area (Å²) in [6.45, 7) is 1.52. The van der Waals surface area contributed by atoms with Crippen LogP contribution < -0.4 is 5.32 Å². The number of rotatable bonds is 4. The Labute approximate surface area is 142 Å². The molecule has 132 valence electrons. The lowest BCUT2D eigenvalue weighted by atomic mass is 9.94. The molecule has 6 nitrogen and oxygen atoms in total. The van der Waals surface area contributed by atoms with Gasteiger partial charge in [-0.05, 0) is 25.5 Å². The lowest BCUT2D eigenvalue weighted by molar-refractivity contribution is -0.143. The molecule has 0 bridgehead atoms. The Kier molecular flexibility index (Phi) is 4.28. The second-order valence-electron chi connectivity index (χ2n) is 6.34. The van der Waals surface area contributed by atoms with Gasteiger partial charge in [-0.1, -0.05) is 17.3 Å². The standard InChI is InChI=1S/C17H16F2N2O4/c1-17(16(24)20-13-3-2-9(6-13)15(22)23)8-14(21-25-17)10-4-11(18)7-12(19)5-10/h2-5,7,9,13H,6,8H2,1H3,(H,20,24)(H,22,23). The molecule has 2 aliphatic rings. The van der Waals surface area contributed by atoms with Gasteiger partial charge < -0.3 is 15.3 Å². The lowest BCUT2D eigenvalue weighted by Crippen LogP contribution is -2.48. The van der Waals surface area contributed by atoms with Gasteiger partial charge in [0.15, 0.2) is 0 Å². The van der Waals surface area contributed by atoms with E-state index in [1.807, 2.05) is 0 Å². The minimum atomic E-state index is -1.33. The highest BCUT2D eigenvalue weighted by atomic mass is 19.1. The fourth-order valence-electron chi connectivity index (χ4n) is 2.85. The van der Waals surface area contributed by atoms with Crippen molar-refractivity contribution in [3.05, 3.63) is 47.5 Å². The van der Waals surface area contributed by atoms with Crippen molar-refractivity contribution >= 4 is 17.6 Å². The Morgan fingerprint density at radius 2 is 1.96 bits per heavy atom. The molecule has 25 heavy (non-hydrogen) atoms. The zero-order chi connectivity index (χ0) is 18.2. The summed E-state index contributed by atoms with van der Waals surface area (Å²) in [6.07, 6.45) is 3.46. The van der Waals surface area contributed by atoms with Gasteiger partial charge in [0.05, 0.1) is 11.6 Å². The van der Waals surface area contributed by atoms with Crippen LogP contribution in [0.3, 0.4) is 0 Å². The number of halogens is 2. The molecule has 1 aromatic rings. The summed E-state index contributed by atoms with van der Waals surface area (Å²) in [5.74, 6) is -3.54. The summed E-state index contributed by atoms with van der Waals surface area (Å²) < 4.78 is 26.7. The van der Waals surface area contributed by atoms with E-state index in [0.717, 1.165) is 18.2 Å². The van der Waals surface area contributed by atoms with Gasteiger partial charge in [0.25, 0.3) is 5.91 Å². The first-order valence-corrected chi connectivity index (χ1v) is 7.70. The van der Waals surface area contributed by atoms with E-state index in [-0.39, 0.29) is 24.1 Å². The molecular weight excluding hydrogens is 334 g/mol. The van der Waals surface area contributed by atoms with Crippen LogP contribution in [0.2, 0.25) is 0 Å². The molecule has 0 saturated heterocycles. The maximum absolute atomic E-state index is 13.3. The van der Waals surface area contributed by atoms with Crippen LogP contribution in [0, 0.1) is 17.6 Å². The third kappa shape index (κ3) is 3.52. The van der Waals surface area contributed by atoms with Gasteiger partial charge in [-0.3, -0.25) is 9.59 Å². The summed E-state index contributed by atoms with van der Waals surface area (Å²) in [6, 6.07) is 2.57. The SMILES string of the molecule is CC1(C(=O)NC2C=CC(C(=O)O)C2)CC(c2cc(F)cc(F)c2)=NO1. The molecule has 3 atom stereocenters. The molecule has 0 fully saturated rings. The molecule has 1 aromatic carbocycles. The Balaban J connectivity index is 1.65. The summed E-state index contributed by atoms with van der Waals surface area (Å²) in [4.78, 5) is 28.6. The van der Waals surface area contributed by atoms with Crippen molar-refractivity contribution < 1.29 is 28.3 Å². The van der Waals surface area contributed by atoms with Crippen LogP contribution in [0.15, 0.2) is 35.5 Å². The van der Waals surface area contributed by atoms with Gasteiger partial charge in [-0.2, -0.15) is 0 Å². The average molecular weight is 350 g/mol. The molecule has 1 aliphatic heterocycles. The molecule has 3 unspecified atom stereocenters. The van der Waals surface area contributed by atoms with Gasteiger partial charge in [-0.15, -0.1) is 0 Å². The van der Waals surface area contributed by atoms with Crippen molar-refractivity contribution in [2.24, 2.45) is 11.1 Å².